The van der Waals surface area contributed by atoms with Gasteiger partial charge in [-0.2, -0.15) is 5.10 Å². The Balaban J connectivity index is 0.000000993. The van der Waals surface area contributed by atoms with Crippen molar-refractivity contribution in [1.82, 2.24) is 4.78 Å². The monoisotopic (exact) mass is 607 g/mol. The summed E-state index contributed by atoms with van der Waals surface area (Å²) >= 11 is 0. The van der Waals surface area contributed by atoms with E-state index >= 15 is 0 Å². The molecule has 0 aromatic carbocycles. The summed E-state index contributed by atoms with van der Waals surface area (Å²) in [5.41, 5.74) is 12.4. The van der Waals surface area contributed by atoms with E-state index in [0.717, 1.165) is 34.5 Å². The maximum absolute atomic E-state index is 5.59. The minimum atomic E-state index is 0.565. The Morgan fingerprint density at radius 3 is 2.42 bits per heavy atom. The number of nitrogens with two attached hydrogens (primary N) is 1. The molecule has 0 radical (unpaired) electrons. The maximum atomic E-state index is 5.59. The lowest BCUT2D eigenvalue weighted by Gasteiger charge is -2.36. The molecule has 242 valence electrons. The van der Waals surface area contributed by atoms with Crippen molar-refractivity contribution in [2.45, 2.75) is 137 Å². The molecular formula is C39H66N3P. The molecule has 0 spiro atoms. The van der Waals surface area contributed by atoms with Crippen LogP contribution in [0, 0.1) is 17.8 Å². The summed E-state index contributed by atoms with van der Waals surface area (Å²) in [6.45, 7) is 17.7. The van der Waals surface area contributed by atoms with Gasteiger partial charge < -0.3 is 5.73 Å². The molecule has 4 rings (SSSR count). The van der Waals surface area contributed by atoms with E-state index in [4.69, 9.17) is 10.8 Å². The van der Waals surface area contributed by atoms with Gasteiger partial charge in [0.05, 0.1) is 11.8 Å². The van der Waals surface area contributed by atoms with E-state index in [2.05, 4.69) is 81.3 Å². The molecule has 0 heterocycles. The Labute approximate surface area is 268 Å². The Bertz CT molecular complexity index is 990. The van der Waals surface area contributed by atoms with Crippen molar-refractivity contribution in [3.63, 3.8) is 0 Å². The Kier molecular flexibility index (Phi) is 19.1. The number of hydrogen-bond acceptors (Lipinski definition) is 3. The van der Waals surface area contributed by atoms with Gasteiger partial charge in [0.1, 0.15) is 0 Å². The van der Waals surface area contributed by atoms with Crippen molar-refractivity contribution in [3.05, 3.63) is 71.4 Å². The first-order valence-electron chi connectivity index (χ1n) is 17.7. The molecule has 4 atom stereocenters. The molecule has 0 amide bonds. The Hall–Kier alpha value is -1.70. The highest BCUT2D eigenvalue weighted by Crippen LogP contribution is 2.39. The van der Waals surface area contributed by atoms with Gasteiger partial charge in [0.15, 0.2) is 0 Å². The summed E-state index contributed by atoms with van der Waals surface area (Å²) in [6.07, 6.45) is 35.7. The second kappa shape index (κ2) is 21.9. The van der Waals surface area contributed by atoms with Gasteiger partial charge in [-0.25, -0.2) is 0 Å². The fourth-order valence-corrected chi connectivity index (χ4v) is 7.47. The summed E-state index contributed by atoms with van der Waals surface area (Å²) in [5.74, 6) is 1.78. The van der Waals surface area contributed by atoms with Crippen molar-refractivity contribution in [3.8, 4) is 0 Å². The summed E-state index contributed by atoms with van der Waals surface area (Å²) in [5, 5.41) is 5.59. The van der Waals surface area contributed by atoms with Crippen LogP contribution in [0.15, 0.2) is 76.5 Å². The summed E-state index contributed by atoms with van der Waals surface area (Å²) < 4.78 is 2.51. The normalized spacial score (nSPS) is 24.3. The number of rotatable bonds is 12. The maximum Gasteiger partial charge on any atom is 0.0677 e. The highest BCUT2D eigenvalue weighted by atomic mass is 31.1. The number of hydrogen-bond donors (Lipinski definition) is 1. The van der Waals surface area contributed by atoms with Gasteiger partial charge >= 0.3 is 0 Å². The first-order valence-corrected chi connectivity index (χ1v) is 19.2. The van der Waals surface area contributed by atoms with Crippen LogP contribution in [0.5, 0.6) is 0 Å². The molecule has 4 aliphatic rings. The highest BCUT2D eigenvalue weighted by Gasteiger charge is 2.31. The van der Waals surface area contributed by atoms with E-state index in [-0.39, 0.29) is 0 Å². The fourth-order valence-electron chi connectivity index (χ4n) is 6.64. The number of allylic oxidation sites excluding steroid dienone is 11. The quantitative estimate of drug-likeness (QED) is 0.104. The van der Waals surface area contributed by atoms with Gasteiger partial charge in [-0.3, -0.25) is 4.78 Å². The summed E-state index contributed by atoms with van der Waals surface area (Å²) in [4.78, 5) is 0. The molecule has 0 aliphatic heterocycles. The van der Waals surface area contributed by atoms with Gasteiger partial charge in [0, 0.05) is 5.92 Å². The van der Waals surface area contributed by atoms with E-state index in [1.54, 1.807) is 5.57 Å². The van der Waals surface area contributed by atoms with Crippen LogP contribution in [0.4, 0.5) is 0 Å². The lowest BCUT2D eigenvalue weighted by atomic mass is 9.74. The van der Waals surface area contributed by atoms with E-state index < -0.39 is 0 Å². The van der Waals surface area contributed by atoms with E-state index in [0.29, 0.717) is 23.8 Å². The smallest absolute Gasteiger partial charge is 0.0677 e. The SMILES string of the molecule is C=C(C)CCCC1=CCC(CC2CC(C)=CC=C2/C(=N\N(PC)C2CCCCC2)C2CC=CCC2)C=C1.CC.CCCN. The molecule has 4 aliphatic carbocycles. The van der Waals surface area contributed by atoms with Crippen molar-refractivity contribution < 1.29 is 0 Å². The van der Waals surface area contributed by atoms with Crippen molar-refractivity contribution in [2.75, 3.05) is 13.2 Å². The summed E-state index contributed by atoms with van der Waals surface area (Å²) in [6, 6.07) is 0.640. The minimum absolute atomic E-state index is 0.565. The van der Waals surface area contributed by atoms with E-state index in [1.807, 2.05) is 13.8 Å². The zero-order chi connectivity index (χ0) is 31.5. The second-order valence-electron chi connectivity index (χ2n) is 12.8. The third-order valence-corrected chi connectivity index (χ3v) is 10.0. The van der Waals surface area contributed by atoms with Crippen LogP contribution >= 0.6 is 8.73 Å². The lowest BCUT2D eigenvalue weighted by Crippen LogP contribution is -2.31. The van der Waals surface area contributed by atoms with E-state index in [1.165, 1.54) is 99.5 Å². The van der Waals surface area contributed by atoms with E-state index in [9.17, 15) is 0 Å². The predicted octanol–water partition coefficient (Wildman–Crippen LogP) is 11.5. The standard InChI is InChI=1S/C34H51N2P.C3H9N.C2H6/c1-26(2)12-11-13-28-19-21-29(22-20-28)25-31-24-27(3)18-23-33(31)34(30-14-7-5-8-15-30)35-36(37-4)32-16-9-6-10-17-32;1-2-3-4;1-2/h5,7,18-21,23,29-32,37H,1,6,8-17,22,24-25H2,2-4H3;2-4H2,1H3;1-2H3/b35-34-;;. The average molecular weight is 608 g/mol. The molecule has 0 aromatic rings. The van der Waals surface area contributed by atoms with Crippen LogP contribution < -0.4 is 5.73 Å². The molecule has 0 saturated heterocycles. The topological polar surface area (TPSA) is 41.6 Å². The highest BCUT2D eigenvalue weighted by molar-refractivity contribution is 7.34. The Morgan fingerprint density at radius 1 is 1.09 bits per heavy atom. The number of hydrazone groups is 1. The predicted molar refractivity (Wildman–Crippen MR) is 196 cm³/mol. The first kappa shape index (κ1) is 37.5. The minimum Gasteiger partial charge on any atom is -0.330 e. The van der Waals surface area contributed by atoms with Crippen LogP contribution in [0.2, 0.25) is 0 Å². The van der Waals surface area contributed by atoms with Crippen molar-refractivity contribution in [2.24, 2.45) is 28.6 Å². The van der Waals surface area contributed by atoms with Crippen LogP contribution in [0.1, 0.15) is 131 Å². The van der Waals surface area contributed by atoms with Gasteiger partial charge in [-0.05, 0) is 130 Å². The van der Waals surface area contributed by atoms with Crippen LogP contribution in [0.25, 0.3) is 0 Å². The molecule has 43 heavy (non-hydrogen) atoms. The molecule has 1 saturated carbocycles. The van der Waals surface area contributed by atoms with Crippen LogP contribution in [0.3, 0.4) is 0 Å². The molecule has 4 unspecified atom stereocenters. The molecule has 1 fully saturated rings. The zero-order valence-electron chi connectivity index (χ0n) is 28.8. The van der Waals surface area contributed by atoms with Gasteiger partial charge in [-0.15, -0.1) is 6.58 Å². The first-order chi connectivity index (χ1) is 20.9. The van der Waals surface area contributed by atoms with Gasteiger partial charge in [0.2, 0.25) is 0 Å². The second-order valence-corrected chi connectivity index (χ2v) is 13.7. The van der Waals surface area contributed by atoms with Gasteiger partial charge in [0.25, 0.3) is 0 Å². The molecule has 2 N–H and O–H groups in total. The van der Waals surface area contributed by atoms with Crippen LogP contribution in [-0.2, 0) is 0 Å². The summed E-state index contributed by atoms with van der Waals surface area (Å²) in [7, 11) is 0.749. The fraction of sp³-hybridized carbons (Fsp3) is 0.667. The molecule has 0 aromatic heterocycles. The molecule has 4 heteroatoms. The van der Waals surface area contributed by atoms with Gasteiger partial charge in [-0.1, -0.05) is 99.3 Å². The Morgan fingerprint density at radius 2 is 1.84 bits per heavy atom. The third kappa shape index (κ3) is 13.4. The largest absolute Gasteiger partial charge is 0.330 e. The molecular weight excluding hydrogens is 541 g/mol. The zero-order valence-corrected chi connectivity index (χ0v) is 29.8. The van der Waals surface area contributed by atoms with Crippen molar-refractivity contribution in [1.29, 1.82) is 0 Å². The lowest BCUT2D eigenvalue weighted by molar-refractivity contribution is 0.275. The van der Waals surface area contributed by atoms with Crippen LogP contribution in [-0.4, -0.2) is 29.7 Å². The molecule has 3 nitrogen and oxygen atoms in total. The van der Waals surface area contributed by atoms with Crippen molar-refractivity contribution >= 4 is 14.4 Å². The average Bonchev–Trinajstić information content (AvgIpc) is 3.05. The molecule has 0 bridgehead atoms. The third-order valence-electron chi connectivity index (χ3n) is 9.08. The number of nitrogens with zero attached hydrogens (tertiary/aromatic N) is 2.